The van der Waals surface area contributed by atoms with E-state index in [4.69, 9.17) is 5.21 Å². The first kappa shape index (κ1) is 17.9. The number of allylic oxidation sites excluding steroid dienone is 1. The monoisotopic (exact) mass is 374 g/mol. The summed E-state index contributed by atoms with van der Waals surface area (Å²) in [7, 11) is 0. The molecule has 1 aliphatic carbocycles. The second-order valence-electron chi connectivity index (χ2n) is 6.72. The summed E-state index contributed by atoms with van der Waals surface area (Å²) in [6.07, 6.45) is 4.97. The zero-order valence-electron chi connectivity index (χ0n) is 15.0. The number of hydroxylamine groups is 1. The van der Waals surface area contributed by atoms with Crippen molar-refractivity contribution in [3.05, 3.63) is 83.0 Å². The summed E-state index contributed by atoms with van der Waals surface area (Å²) in [4.78, 5) is 38.6. The van der Waals surface area contributed by atoms with Crippen molar-refractivity contribution in [2.24, 2.45) is 0 Å². The van der Waals surface area contributed by atoms with E-state index in [-0.39, 0.29) is 18.4 Å². The standard InChI is InChI=1S/C22H18N2O4/c25-20(23-28)16-11-10-14(12-19(16)15-6-2-1-3-7-15)13-24-21(26)17-8-4-5-9-18(17)22(24)27/h1-4,6-8,10-12,28H,5,9,13H2,(H,23,25). The Morgan fingerprint density at radius 3 is 2.57 bits per heavy atom. The Balaban J connectivity index is 1.68. The average Bonchev–Trinajstić information content (AvgIpc) is 2.99. The largest absolute Gasteiger partial charge is 0.288 e. The van der Waals surface area contributed by atoms with Crippen molar-refractivity contribution in [2.75, 3.05) is 0 Å². The lowest BCUT2D eigenvalue weighted by molar-refractivity contribution is -0.138. The Labute approximate surface area is 161 Å². The van der Waals surface area contributed by atoms with Crippen molar-refractivity contribution in [3.8, 4) is 11.1 Å². The minimum Gasteiger partial charge on any atom is -0.288 e. The number of imide groups is 1. The van der Waals surface area contributed by atoms with Crippen molar-refractivity contribution in [2.45, 2.75) is 19.4 Å². The molecular formula is C22H18N2O4. The van der Waals surface area contributed by atoms with Gasteiger partial charge in [-0.25, -0.2) is 5.48 Å². The summed E-state index contributed by atoms with van der Waals surface area (Å²) < 4.78 is 0. The summed E-state index contributed by atoms with van der Waals surface area (Å²) in [6.45, 7) is 0.124. The van der Waals surface area contributed by atoms with Gasteiger partial charge in [0.15, 0.2) is 0 Å². The number of rotatable bonds is 4. The highest BCUT2D eigenvalue weighted by molar-refractivity contribution is 6.20. The van der Waals surface area contributed by atoms with Crippen LogP contribution in [0, 0.1) is 0 Å². The zero-order valence-corrected chi connectivity index (χ0v) is 15.0. The van der Waals surface area contributed by atoms with E-state index in [1.807, 2.05) is 36.4 Å². The molecule has 0 spiro atoms. The highest BCUT2D eigenvalue weighted by atomic mass is 16.5. The predicted molar refractivity (Wildman–Crippen MR) is 102 cm³/mol. The van der Waals surface area contributed by atoms with Crippen LogP contribution in [0.3, 0.4) is 0 Å². The molecular weight excluding hydrogens is 356 g/mol. The maximum Gasteiger partial charge on any atom is 0.275 e. The Bertz CT molecular complexity index is 1040. The van der Waals surface area contributed by atoms with Crippen LogP contribution in [0.4, 0.5) is 0 Å². The molecule has 0 fully saturated rings. The van der Waals surface area contributed by atoms with Crippen LogP contribution in [-0.4, -0.2) is 27.8 Å². The van der Waals surface area contributed by atoms with Crippen molar-refractivity contribution in [3.63, 3.8) is 0 Å². The van der Waals surface area contributed by atoms with Crippen molar-refractivity contribution in [1.82, 2.24) is 10.4 Å². The highest BCUT2D eigenvalue weighted by Crippen LogP contribution is 2.31. The molecule has 140 valence electrons. The minimum atomic E-state index is -0.624. The lowest BCUT2D eigenvalue weighted by atomic mass is 9.96. The summed E-state index contributed by atoms with van der Waals surface area (Å²) in [5.74, 6) is -1.15. The molecule has 28 heavy (non-hydrogen) atoms. The maximum atomic E-state index is 12.6. The summed E-state index contributed by atoms with van der Waals surface area (Å²) in [6, 6.07) is 14.3. The van der Waals surface area contributed by atoms with Gasteiger partial charge in [-0.3, -0.25) is 24.5 Å². The topological polar surface area (TPSA) is 86.7 Å². The van der Waals surface area contributed by atoms with E-state index in [2.05, 4.69) is 0 Å². The molecule has 6 nitrogen and oxygen atoms in total. The molecule has 0 saturated heterocycles. The number of carbonyl (C=O) groups excluding carboxylic acids is 3. The van der Waals surface area contributed by atoms with Crippen LogP contribution in [-0.2, 0) is 16.1 Å². The molecule has 0 unspecified atom stereocenters. The van der Waals surface area contributed by atoms with E-state index < -0.39 is 5.91 Å². The Morgan fingerprint density at radius 1 is 1.07 bits per heavy atom. The van der Waals surface area contributed by atoms with E-state index in [0.29, 0.717) is 28.7 Å². The fourth-order valence-corrected chi connectivity index (χ4v) is 3.62. The lowest BCUT2D eigenvalue weighted by Crippen LogP contribution is -2.31. The van der Waals surface area contributed by atoms with Crippen LogP contribution >= 0.6 is 0 Å². The molecule has 0 radical (unpaired) electrons. The molecule has 1 heterocycles. The molecule has 2 aromatic rings. The fourth-order valence-electron chi connectivity index (χ4n) is 3.62. The minimum absolute atomic E-state index is 0.124. The maximum absolute atomic E-state index is 12.6. The second kappa shape index (κ2) is 7.25. The van der Waals surface area contributed by atoms with E-state index in [1.165, 1.54) is 4.90 Å². The van der Waals surface area contributed by atoms with Gasteiger partial charge in [0.1, 0.15) is 0 Å². The van der Waals surface area contributed by atoms with Gasteiger partial charge in [0.05, 0.1) is 6.54 Å². The van der Waals surface area contributed by atoms with Crippen LogP contribution in [0.15, 0.2) is 71.8 Å². The van der Waals surface area contributed by atoms with Gasteiger partial charge in [0.2, 0.25) is 0 Å². The van der Waals surface area contributed by atoms with E-state index in [1.54, 1.807) is 29.8 Å². The lowest BCUT2D eigenvalue weighted by Gasteiger charge is -2.17. The third-order valence-corrected chi connectivity index (χ3v) is 5.01. The second-order valence-corrected chi connectivity index (χ2v) is 6.72. The molecule has 2 aliphatic rings. The van der Waals surface area contributed by atoms with E-state index in [9.17, 15) is 14.4 Å². The van der Waals surface area contributed by atoms with E-state index >= 15 is 0 Å². The number of nitrogens with zero attached hydrogens (tertiary/aromatic N) is 1. The smallest absolute Gasteiger partial charge is 0.275 e. The first-order valence-electron chi connectivity index (χ1n) is 8.99. The molecule has 3 amide bonds. The molecule has 4 rings (SSSR count). The number of hydrogen-bond donors (Lipinski definition) is 2. The van der Waals surface area contributed by atoms with Gasteiger partial charge in [-0.1, -0.05) is 48.6 Å². The third-order valence-electron chi connectivity index (χ3n) is 5.01. The van der Waals surface area contributed by atoms with Crippen LogP contribution in [0.5, 0.6) is 0 Å². The van der Waals surface area contributed by atoms with Crippen LogP contribution < -0.4 is 5.48 Å². The van der Waals surface area contributed by atoms with Gasteiger partial charge >= 0.3 is 0 Å². The summed E-state index contributed by atoms with van der Waals surface area (Å²) in [5.41, 5.74) is 5.15. The van der Waals surface area contributed by atoms with Crippen molar-refractivity contribution >= 4 is 17.7 Å². The van der Waals surface area contributed by atoms with Crippen molar-refractivity contribution in [1.29, 1.82) is 0 Å². The number of nitrogens with one attached hydrogen (secondary N) is 1. The normalized spacial score (nSPS) is 15.8. The number of amides is 3. The molecule has 0 aromatic heterocycles. The molecule has 6 heteroatoms. The van der Waals surface area contributed by atoms with Gasteiger partial charge in [0.25, 0.3) is 17.7 Å². The first-order valence-corrected chi connectivity index (χ1v) is 8.99. The molecule has 0 saturated carbocycles. The third kappa shape index (κ3) is 3.04. The predicted octanol–water partition coefficient (Wildman–Crippen LogP) is 2.99. The van der Waals surface area contributed by atoms with Gasteiger partial charge in [-0.2, -0.15) is 0 Å². The molecule has 0 bridgehead atoms. The fraction of sp³-hybridized carbons (Fsp3) is 0.136. The molecule has 1 aliphatic heterocycles. The van der Waals surface area contributed by atoms with Gasteiger partial charge in [-0.15, -0.1) is 0 Å². The first-order chi connectivity index (χ1) is 13.6. The Kier molecular flexibility index (Phi) is 4.63. The van der Waals surface area contributed by atoms with Gasteiger partial charge in [0, 0.05) is 16.7 Å². The SMILES string of the molecule is O=C(NO)c1ccc(CN2C(=O)C3=C(CCC=C3)C2=O)cc1-c1ccccc1. The van der Waals surface area contributed by atoms with Crippen LogP contribution in [0.2, 0.25) is 0 Å². The summed E-state index contributed by atoms with van der Waals surface area (Å²) in [5, 5.41) is 9.04. The van der Waals surface area contributed by atoms with Crippen LogP contribution in [0.25, 0.3) is 11.1 Å². The number of hydrogen-bond acceptors (Lipinski definition) is 4. The highest BCUT2D eigenvalue weighted by Gasteiger charge is 2.37. The summed E-state index contributed by atoms with van der Waals surface area (Å²) >= 11 is 0. The molecule has 2 N–H and O–H groups in total. The van der Waals surface area contributed by atoms with Crippen molar-refractivity contribution < 1.29 is 19.6 Å². The number of benzene rings is 2. The zero-order chi connectivity index (χ0) is 19.7. The van der Waals surface area contributed by atoms with Gasteiger partial charge < -0.3 is 0 Å². The quantitative estimate of drug-likeness (QED) is 0.489. The number of carbonyl (C=O) groups is 3. The Hall–Kier alpha value is -3.51. The van der Waals surface area contributed by atoms with Gasteiger partial charge in [-0.05, 0) is 41.7 Å². The molecule has 0 atom stereocenters. The van der Waals surface area contributed by atoms with E-state index in [0.717, 1.165) is 17.5 Å². The Morgan fingerprint density at radius 2 is 1.86 bits per heavy atom. The molecule has 2 aromatic carbocycles. The van der Waals surface area contributed by atoms with Crippen LogP contribution in [0.1, 0.15) is 28.8 Å². The average molecular weight is 374 g/mol.